The molecule has 2 aromatic rings. The predicted octanol–water partition coefficient (Wildman–Crippen LogP) is 4.33. The van der Waals surface area contributed by atoms with E-state index in [1.54, 1.807) is 0 Å². The molecule has 7 atom stereocenters. The quantitative estimate of drug-likeness (QED) is 0.677. The molecule has 1 aromatic heterocycles. The van der Waals surface area contributed by atoms with E-state index in [1.807, 2.05) is 43.6 Å². The Morgan fingerprint density at radius 2 is 2.07 bits per heavy atom. The Kier molecular flexibility index (Phi) is 3.18. The number of nitrogens with zero attached hydrogens (tertiary/aromatic N) is 1. The molecule has 1 aromatic carbocycles. The largest absolute Gasteiger partial charge is 0.462 e. The maximum Gasteiger partial charge on any atom is 0.338 e. The molecule has 154 valence electrons. The van der Waals surface area contributed by atoms with Gasteiger partial charge in [-0.2, -0.15) is 0 Å². The molecule has 1 heterocycles. The van der Waals surface area contributed by atoms with Crippen LogP contribution in [0.3, 0.4) is 0 Å². The van der Waals surface area contributed by atoms with Crippen LogP contribution < -0.4 is 10.6 Å². The molecule has 0 saturated heterocycles. The summed E-state index contributed by atoms with van der Waals surface area (Å²) in [6.07, 6.45) is 8.03. The summed E-state index contributed by atoms with van der Waals surface area (Å²) >= 11 is 0. The zero-order valence-electron chi connectivity index (χ0n) is 17.2. The van der Waals surface area contributed by atoms with Crippen LogP contribution in [-0.4, -0.2) is 23.6 Å². The smallest absolute Gasteiger partial charge is 0.338 e. The number of rotatable bonds is 7. The molecular weight excluding hydrogens is 374 g/mol. The first-order valence-electron chi connectivity index (χ1n) is 11.4. The van der Waals surface area contributed by atoms with Gasteiger partial charge in [0, 0.05) is 25.0 Å². The second kappa shape index (κ2) is 5.57. The Morgan fingerprint density at radius 3 is 2.80 bits per heavy atom. The molecule has 5 aliphatic rings. The van der Waals surface area contributed by atoms with E-state index in [-0.39, 0.29) is 5.97 Å². The Balaban J connectivity index is 1.15. The highest BCUT2D eigenvalue weighted by Gasteiger charge is 3.02. The Hall–Kier alpha value is -2.56. The third-order valence-corrected chi connectivity index (χ3v) is 9.34. The lowest BCUT2D eigenvalue weighted by Gasteiger charge is -2.64. The lowest BCUT2D eigenvalue weighted by molar-refractivity contribution is -0.137. The van der Waals surface area contributed by atoms with Crippen molar-refractivity contribution < 1.29 is 9.53 Å². The van der Waals surface area contributed by atoms with Crippen molar-refractivity contribution in [2.24, 2.45) is 34.5 Å². The molecule has 5 fully saturated rings. The summed E-state index contributed by atoms with van der Waals surface area (Å²) in [5.74, 6) is 3.53. The molecule has 0 aliphatic heterocycles. The van der Waals surface area contributed by atoms with Crippen molar-refractivity contribution in [2.75, 3.05) is 17.2 Å². The molecule has 2 bridgehead atoms. The minimum atomic E-state index is -0.267. The molecule has 5 aliphatic carbocycles. The number of hydrogen-bond donors (Lipinski definition) is 2. The summed E-state index contributed by atoms with van der Waals surface area (Å²) in [6, 6.07) is 10.5. The molecule has 30 heavy (non-hydrogen) atoms. The van der Waals surface area contributed by atoms with E-state index < -0.39 is 0 Å². The standard InChI is InChI=1S/C25H27N3O2/c1-2-30-23(29)15-3-4-19(20(9-15)27-13-14-5-7-26-8-6-14)28-21-17-10-16-11-24-12-18(21)25(16,24)22(17)24/h3-9,16-18,21-22,27-28H,2,10-13H2,1H3. The molecule has 2 N–H and O–H groups in total. The number of nitrogens with one attached hydrogen (secondary N) is 2. The van der Waals surface area contributed by atoms with E-state index in [2.05, 4.69) is 21.7 Å². The second-order valence-corrected chi connectivity index (χ2v) is 10.0. The highest BCUT2D eigenvalue weighted by atomic mass is 16.5. The van der Waals surface area contributed by atoms with Crippen molar-refractivity contribution in [1.82, 2.24) is 4.98 Å². The molecular formula is C25H27N3O2. The van der Waals surface area contributed by atoms with Crippen LogP contribution in [0, 0.1) is 34.5 Å². The summed E-state index contributed by atoms with van der Waals surface area (Å²) in [7, 11) is 0. The monoisotopic (exact) mass is 401 g/mol. The van der Waals surface area contributed by atoms with Crippen LogP contribution in [0.15, 0.2) is 42.7 Å². The van der Waals surface area contributed by atoms with Crippen LogP contribution in [0.5, 0.6) is 0 Å². The lowest BCUT2D eigenvalue weighted by atomic mass is 9.41. The first-order chi connectivity index (χ1) is 14.7. The second-order valence-electron chi connectivity index (χ2n) is 10.0. The summed E-state index contributed by atoms with van der Waals surface area (Å²) in [6.45, 7) is 2.92. The Bertz CT molecular complexity index is 1050. The van der Waals surface area contributed by atoms with Crippen LogP contribution >= 0.6 is 0 Å². The van der Waals surface area contributed by atoms with E-state index in [0.717, 1.165) is 45.9 Å². The maximum atomic E-state index is 12.3. The minimum absolute atomic E-state index is 0.267. The fourth-order valence-electron chi connectivity index (χ4n) is 8.67. The van der Waals surface area contributed by atoms with Crippen LogP contribution in [0.25, 0.3) is 0 Å². The number of ether oxygens (including phenoxy) is 1. The van der Waals surface area contributed by atoms with Crippen LogP contribution in [0.2, 0.25) is 0 Å². The Morgan fingerprint density at radius 1 is 1.20 bits per heavy atom. The summed E-state index contributed by atoms with van der Waals surface area (Å²) < 4.78 is 5.22. The van der Waals surface area contributed by atoms with Gasteiger partial charge in [-0.1, -0.05) is 0 Å². The first kappa shape index (κ1) is 17.2. The summed E-state index contributed by atoms with van der Waals surface area (Å²) in [5, 5.41) is 7.48. The first-order valence-corrected chi connectivity index (χ1v) is 11.4. The number of carbonyl (C=O) groups is 1. The molecule has 5 saturated carbocycles. The van der Waals surface area contributed by atoms with Crippen molar-refractivity contribution >= 4 is 17.3 Å². The minimum Gasteiger partial charge on any atom is -0.462 e. The third-order valence-electron chi connectivity index (χ3n) is 9.34. The molecule has 0 amide bonds. The van der Waals surface area contributed by atoms with Crippen molar-refractivity contribution in [3.8, 4) is 0 Å². The van der Waals surface area contributed by atoms with Gasteiger partial charge < -0.3 is 15.4 Å². The van der Waals surface area contributed by atoms with E-state index in [4.69, 9.17) is 4.74 Å². The molecule has 1 spiro atoms. The van der Waals surface area contributed by atoms with Gasteiger partial charge in [-0.3, -0.25) is 4.98 Å². The van der Waals surface area contributed by atoms with Crippen LogP contribution in [0.1, 0.15) is 42.1 Å². The van der Waals surface area contributed by atoms with Gasteiger partial charge in [0.2, 0.25) is 0 Å². The van der Waals surface area contributed by atoms with E-state index in [0.29, 0.717) is 24.8 Å². The molecule has 0 radical (unpaired) electrons. The van der Waals surface area contributed by atoms with Crippen molar-refractivity contribution in [3.05, 3.63) is 53.9 Å². The zero-order valence-corrected chi connectivity index (χ0v) is 17.2. The van der Waals surface area contributed by atoms with Gasteiger partial charge >= 0.3 is 5.97 Å². The van der Waals surface area contributed by atoms with E-state index in [9.17, 15) is 4.79 Å². The van der Waals surface area contributed by atoms with Crippen molar-refractivity contribution in [3.63, 3.8) is 0 Å². The average molecular weight is 402 g/mol. The molecule has 5 heteroatoms. The lowest BCUT2D eigenvalue weighted by Crippen LogP contribution is -2.62. The van der Waals surface area contributed by atoms with Gasteiger partial charge in [-0.05, 0) is 96.6 Å². The highest BCUT2D eigenvalue weighted by molar-refractivity contribution is 5.92. The summed E-state index contributed by atoms with van der Waals surface area (Å²) in [5.41, 5.74) is 5.41. The fraction of sp³-hybridized carbons (Fsp3) is 0.520. The topological polar surface area (TPSA) is 63.2 Å². The average Bonchev–Trinajstić information content (AvgIpc) is 3.12. The maximum absolute atomic E-state index is 12.3. The van der Waals surface area contributed by atoms with Crippen molar-refractivity contribution in [1.29, 1.82) is 0 Å². The number of esters is 1. The van der Waals surface area contributed by atoms with Gasteiger partial charge in [-0.15, -0.1) is 0 Å². The number of aromatic nitrogens is 1. The highest BCUT2D eigenvalue weighted by Crippen LogP contribution is 3.06. The number of benzene rings is 1. The molecule has 7 rings (SSSR count). The third kappa shape index (κ3) is 1.82. The normalized spacial score (nSPS) is 40.1. The predicted molar refractivity (Wildman–Crippen MR) is 114 cm³/mol. The van der Waals surface area contributed by atoms with Gasteiger partial charge in [0.15, 0.2) is 0 Å². The van der Waals surface area contributed by atoms with Crippen LogP contribution in [-0.2, 0) is 11.3 Å². The van der Waals surface area contributed by atoms with Gasteiger partial charge in [0.1, 0.15) is 0 Å². The number of carbonyl (C=O) groups excluding carboxylic acids is 1. The van der Waals surface area contributed by atoms with E-state index in [1.165, 1.54) is 24.8 Å². The number of pyridine rings is 1. The van der Waals surface area contributed by atoms with Gasteiger partial charge in [0.25, 0.3) is 0 Å². The fourth-order valence-corrected chi connectivity index (χ4v) is 8.67. The molecule has 5 nitrogen and oxygen atoms in total. The van der Waals surface area contributed by atoms with E-state index >= 15 is 0 Å². The summed E-state index contributed by atoms with van der Waals surface area (Å²) in [4.78, 5) is 16.4. The van der Waals surface area contributed by atoms with Gasteiger partial charge in [0.05, 0.1) is 23.5 Å². The number of anilines is 2. The van der Waals surface area contributed by atoms with Crippen LogP contribution in [0.4, 0.5) is 11.4 Å². The molecule has 7 unspecified atom stereocenters. The van der Waals surface area contributed by atoms with Crippen molar-refractivity contribution in [2.45, 2.75) is 38.8 Å². The zero-order chi connectivity index (χ0) is 20.1. The number of hydrogen-bond acceptors (Lipinski definition) is 5. The SMILES string of the molecule is CCOC(=O)c1ccc(NC2C3CC4CC56CC2C45C36)c(NCc2ccncc2)c1. The Labute approximate surface area is 176 Å². The van der Waals surface area contributed by atoms with Gasteiger partial charge in [-0.25, -0.2) is 4.79 Å².